The van der Waals surface area contributed by atoms with Crippen LogP contribution in [0.15, 0.2) is 0 Å². The molecule has 0 spiro atoms. The van der Waals surface area contributed by atoms with Crippen LogP contribution in [0, 0.1) is 5.92 Å². The second-order valence-electron chi connectivity index (χ2n) is 7.61. The van der Waals surface area contributed by atoms with Gasteiger partial charge >= 0.3 is 5.97 Å². The molecule has 1 aliphatic rings. The minimum Gasteiger partial charge on any atom is -0.480 e. The van der Waals surface area contributed by atoms with E-state index < -0.39 is 53.8 Å². The van der Waals surface area contributed by atoms with Crippen LogP contribution < -0.4 is 22.1 Å². The number of primary amides is 1. The van der Waals surface area contributed by atoms with E-state index in [1.807, 2.05) is 0 Å². The van der Waals surface area contributed by atoms with Gasteiger partial charge in [-0.25, -0.2) is 4.79 Å². The molecule has 4 unspecified atom stereocenters. The summed E-state index contributed by atoms with van der Waals surface area (Å²) in [5.41, 5.74) is 11.0. The van der Waals surface area contributed by atoms with Crippen LogP contribution in [0.3, 0.4) is 0 Å². The Hall–Kier alpha value is -2.34. The van der Waals surface area contributed by atoms with Gasteiger partial charge in [-0.05, 0) is 25.2 Å². The molecule has 1 saturated heterocycles. The number of hydrogen-bond donors (Lipinski definition) is 6. The number of nitrogens with one attached hydrogen (secondary N) is 2. The first-order valence-electron chi connectivity index (χ1n) is 9.78. The van der Waals surface area contributed by atoms with Gasteiger partial charge in [-0.3, -0.25) is 19.2 Å². The molecular weight excluding hydrogens is 414 g/mol. The fourth-order valence-corrected chi connectivity index (χ4v) is 3.32. The number of rotatable bonds is 11. The number of likely N-dealkylation sites (tertiary alicyclic amines) is 1. The molecule has 12 heteroatoms. The molecule has 4 atom stereocenters. The molecule has 0 aromatic rings. The molecule has 0 radical (unpaired) electrons. The number of carboxylic acids is 1. The molecule has 1 heterocycles. The summed E-state index contributed by atoms with van der Waals surface area (Å²) in [7, 11) is 0. The minimum atomic E-state index is -1.23. The van der Waals surface area contributed by atoms with E-state index in [0.29, 0.717) is 12.8 Å². The number of carbonyl (C=O) groups excluding carboxylic acids is 4. The highest BCUT2D eigenvalue weighted by molar-refractivity contribution is 7.80. The third-order valence-electron chi connectivity index (χ3n) is 4.95. The number of amides is 4. The Morgan fingerprint density at radius 3 is 2.30 bits per heavy atom. The molecule has 11 nitrogen and oxygen atoms in total. The Morgan fingerprint density at radius 2 is 1.80 bits per heavy atom. The van der Waals surface area contributed by atoms with E-state index in [2.05, 4.69) is 23.3 Å². The van der Waals surface area contributed by atoms with Gasteiger partial charge in [-0.15, -0.1) is 0 Å². The van der Waals surface area contributed by atoms with Crippen molar-refractivity contribution in [3.63, 3.8) is 0 Å². The third-order valence-corrected chi connectivity index (χ3v) is 5.32. The topological polar surface area (TPSA) is 185 Å². The predicted octanol–water partition coefficient (Wildman–Crippen LogP) is -1.79. The molecule has 0 aliphatic carbocycles. The van der Waals surface area contributed by atoms with Crippen molar-refractivity contribution >= 4 is 42.2 Å². The highest BCUT2D eigenvalue weighted by Gasteiger charge is 2.39. The first kappa shape index (κ1) is 25.7. The number of carboxylic acid groups (broad SMARTS) is 1. The first-order valence-corrected chi connectivity index (χ1v) is 10.4. The zero-order valence-corrected chi connectivity index (χ0v) is 18.1. The molecule has 4 amide bonds. The van der Waals surface area contributed by atoms with Gasteiger partial charge in [0.2, 0.25) is 23.6 Å². The molecule has 1 aliphatic heterocycles. The molecule has 0 aromatic heterocycles. The van der Waals surface area contributed by atoms with Gasteiger partial charge in [-0.1, -0.05) is 13.8 Å². The van der Waals surface area contributed by atoms with Crippen LogP contribution in [-0.2, 0) is 24.0 Å². The van der Waals surface area contributed by atoms with E-state index in [1.54, 1.807) is 13.8 Å². The number of aliphatic carboxylic acids is 1. The Balaban J connectivity index is 2.96. The maximum atomic E-state index is 13.1. The second kappa shape index (κ2) is 11.7. The maximum absolute atomic E-state index is 13.1. The average molecular weight is 446 g/mol. The monoisotopic (exact) mass is 445 g/mol. The number of carbonyl (C=O) groups is 5. The molecular formula is C18H31N5O6S. The zero-order chi connectivity index (χ0) is 23.0. The van der Waals surface area contributed by atoms with E-state index >= 15 is 0 Å². The SMILES string of the molecule is CC(C)C(N)C(=O)NC(CCC(N)=O)C(=O)N1CCCC1C(=O)NC(CS)C(=O)O. The van der Waals surface area contributed by atoms with Crippen LogP contribution in [0.2, 0.25) is 0 Å². The van der Waals surface area contributed by atoms with Gasteiger partial charge in [0.05, 0.1) is 6.04 Å². The number of nitrogens with two attached hydrogens (primary N) is 2. The van der Waals surface area contributed by atoms with Crippen LogP contribution in [-0.4, -0.2) is 76.1 Å². The number of hydrogen-bond acceptors (Lipinski definition) is 7. The third kappa shape index (κ3) is 7.17. The molecule has 0 bridgehead atoms. The predicted molar refractivity (Wildman–Crippen MR) is 111 cm³/mol. The van der Waals surface area contributed by atoms with Gasteiger partial charge < -0.3 is 32.1 Å². The van der Waals surface area contributed by atoms with E-state index in [-0.39, 0.29) is 31.1 Å². The number of nitrogens with zero attached hydrogens (tertiary/aromatic N) is 1. The highest BCUT2D eigenvalue weighted by Crippen LogP contribution is 2.20. The van der Waals surface area contributed by atoms with Crippen molar-refractivity contribution in [3.05, 3.63) is 0 Å². The summed E-state index contributed by atoms with van der Waals surface area (Å²) in [6, 6.07) is -4.00. The standard InChI is InChI=1S/C18H31N5O6S/c1-9(2)14(20)16(26)21-10(5-6-13(19)24)17(27)23-7-3-4-12(23)15(25)22-11(8-30)18(28)29/h9-12,14,30H,3-8,20H2,1-2H3,(H2,19,24)(H,21,26)(H,22,25)(H,28,29). The van der Waals surface area contributed by atoms with Gasteiger partial charge in [-0.2, -0.15) is 12.6 Å². The van der Waals surface area contributed by atoms with Gasteiger partial charge in [0.15, 0.2) is 0 Å². The van der Waals surface area contributed by atoms with Crippen molar-refractivity contribution in [2.75, 3.05) is 12.3 Å². The summed E-state index contributed by atoms with van der Waals surface area (Å²) >= 11 is 3.91. The van der Waals surface area contributed by atoms with Gasteiger partial charge in [0.1, 0.15) is 18.1 Å². The Labute approximate surface area is 180 Å². The van der Waals surface area contributed by atoms with Crippen LogP contribution >= 0.6 is 12.6 Å². The van der Waals surface area contributed by atoms with Crippen LogP contribution in [0.1, 0.15) is 39.5 Å². The normalized spacial score (nSPS) is 19.1. The first-order chi connectivity index (χ1) is 14.0. The molecule has 0 aromatic carbocycles. The second-order valence-corrected chi connectivity index (χ2v) is 7.97. The van der Waals surface area contributed by atoms with Crippen molar-refractivity contribution in [1.29, 1.82) is 0 Å². The van der Waals surface area contributed by atoms with E-state index in [9.17, 15) is 24.0 Å². The van der Waals surface area contributed by atoms with Crippen molar-refractivity contribution in [2.45, 2.75) is 63.7 Å². The van der Waals surface area contributed by atoms with Crippen LogP contribution in [0.25, 0.3) is 0 Å². The molecule has 7 N–H and O–H groups in total. The van der Waals surface area contributed by atoms with Crippen LogP contribution in [0.5, 0.6) is 0 Å². The van der Waals surface area contributed by atoms with Crippen molar-refractivity contribution < 1.29 is 29.1 Å². The summed E-state index contributed by atoms with van der Waals surface area (Å²) in [6.45, 7) is 3.77. The Kier molecular flexibility index (Phi) is 10.1. The fourth-order valence-electron chi connectivity index (χ4n) is 3.07. The molecule has 0 saturated carbocycles. The number of thiol groups is 1. The largest absolute Gasteiger partial charge is 0.480 e. The van der Waals surface area contributed by atoms with Crippen molar-refractivity contribution in [3.8, 4) is 0 Å². The van der Waals surface area contributed by atoms with Crippen LogP contribution in [0.4, 0.5) is 0 Å². The van der Waals surface area contributed by atoms with Gasteiger partial charge in [0, 0.05) is 18.7 Å². The smallest absolute Gasteiger partial charge is 0.327 e. The summed E-state index contributed by atoms with van der Waals surface area (Å²) < 4.78 is 0. The summed E-state index contributed by atoms with van der Waals surface area (Å²) in [4.78, 5) is 61.6. The van der Waals surface area contributed by atoms with E-state index in [1.165, 1.54) is 4.90 Å². The molecule has 1 fully saturated rings. The van der Waals surface area contributed by atoms with E-state index in [0.717, 1.165) is 0 Å². The molecule has 30 heavy (non-hydrogen) atoms. The minimum absolute atomic E-state index is 0.0377. The van der Waals surface area contributed by atoms with Crippen molar-refractivity contribution in [1.82, 2.24) is 15.5 Å². The average Bonchev–Trinajstić information content (AvgIpc) is 3.17. The maximum Gasteiger partial charge on any atom is 0.327 e. The van der Waals surface area contributed by atoms with Crippen molar-refractivity contribution in [2.24, 2.45) is 17.4 Å². The lowest BCUT2D eigenvalue weighted by molar-refractivity contribution is -0.144. The lowest BCUT2D eigenvalue weighted by Gasteiger charge is -2.30. The summed E-state index contributed by atoms with van der Waals surface area (Å²) in [6.07, 6.45) is 0.700. The highest BCUT2D eigenvalue weighted by atomic mass is 32.1. The summed E-state index contributed by atoms with van der Waals surface area (Å²) in [5.74, 6) is -3.85. The lowest BCUT2D eigenvalue weighted by Crippen LogP contribution is -2.57. The Bertz CT molecular complexity index is 673. The van der Waals surface area contributed by atoms with Gasteiger partial charge in [0.25, 0.3) is 0 Å². The zero-order valence-electron chi connectivity index (χ0n) is 17.2. The molecule has 170 valence electrons. The quantitative estimate of drug-likeness (QED) is 0.203. The molecule has 1 rings (SSSR count). The summed E-state index contributed by atoms with van der Waals surface area (Å²) in [5, 5.41) is 14.0. The Morgan fingerprint density at radius 1 is 1.17 bits per heavy atom. The van der Waals surface area contributed by atoms with E-state index in [4.69, 9.17) is 16.6 Å². The lowest BCUT2D eigenvalue weighted by atomic mass is 10.0. The fraction of sp³-hybridized carbons (Fsp3) is 0.722.